The van der Waals surface area contributed by atoms with E-state index < -0.39 is 11.8 Å². The standard InChI is InChI=1S/C20H20FNO2/c1-3-5-14-7-8-16(11-15(14)6-4-2)20(23)24-18-10-9-17(13-22)19(21)12-18/h7-12H,3-6H2,1-2H3. The molecule has 0 aliphatic carbocycles. The Morgan fingerprint density at radius 1 is 1.08 bits per heavy atom. The number of benzene rings is 2. The van der Waals surface area contributed by atoms with Crippen LogP contribution in [0.3, 0.4) is 0 Å². The first-order chi connectivity index (χ1) is 11.6. The number of esters is 1. The average Bonchev–Trinajstić information content (AvgIpc) is 2.57. The van der Waals surface area contributed by atoms with E-state index >= 15 is 0 Å². The molecule has 0 N–H and O–H groups in total. The fraction of sp³-hybridized carbons (Fsp3) is 0.300. The molecule has 4 heteroatoms. The number of carbonyl (C=O) groups is 1. The molecule has 0 heterocycles. The smallest absolute Gasteiger partial charge is 0.343 e. The van der Waals surface area contributed by atoms with Gasteiger partial charge in [0.25, 0.3) is 0 Å². The predicted octanol–water partition coefficient (Wildman–Crippen LogP) is 4.82. The molecule has 0 aliphatic heterocycles. The molecular formula is C20H20FNO2. The van der Waals surface area contributed by atoms with Crippen molar-refractivity contribution in [2.24, 2.45) is 0 Å². The van der Waals surface area contributed by atoms with Crippen molar-refractivity contribution in [1.29, 1.82) is 5.26 Å². The van der Waals surface area contributed by atoms with Crippen LogP contribution >= 0.6 is 0 Å². The summed E-state index contributed by atoms with van der Waals surface area (Å²) in [5.41, 5.74) is 2.77. The minimum absolute atomic E-state index is 0.0797. The van der Waals surface area contributed by atoms with Gasteiger partial charge in [0.2, 0.25) is 0 Å². The monoisotopic (exact) mass is 325 g/mol. The van der Waals surface area contributed by atoms with Gasteiger partial charge in [-0.3, -0.25) is 0 Å². The molecule has 0 atom stereocenters. The molecule has 0 saturated heterocycles. The van der Waals surface area contributed by atoms with Gasteiger partial charge in [0, 0.05) is 6.07 Å². The highest BCUT2D eigenvalue weighted by molar-refractivity contribution is 5.91. The molecule has 0 amide bonds. The van der Waals surface area contributed by atoms with Crippen LogP contribution in [0.1, 0.15) is 53.7 Å². The highest BCUT2D eigenvalue weighted by Gasteiger charge is 2.13. The van der Waals surface area contributed by atoms with Crippen molar-refractivity contribution in [3.05, 3.63) is 64.5 Å². The Kier molecular flexibility index (Phi) is 6.08. The topological polar surface area (TPSA) is 50.1 Å². The molecule has 2 aromatic carbocycles. The van der Waals surface area contributed by atoms with Gasteiger partial charge in [-0.1, -0.05) is 32.8 Å². The van der Waals surface area contributed by atoms with E-state index in [0.717, 1.165) is 37.3 Å². The van der Waals surface area contributed by atoms with Gasteiger partial charge in [0.1, 0.15) is 17.6 Å². The summed E-state index contributed by atoms with van der Waals surface area (Å²) in [6.07, 6.45) is 3.93. The Bertz CT molecular complexity index is 778. The molecule has 0 aliphatic rings. The SMILES string of the molecule is CCCc1ccc(C(=O)Oc2ccc(C#N)c(F)c2)cc1CCC. The molecule has 3 nitrogen and oxygen atoms in total. The lowest BCUT2D eigenvalue weighted by molar-refractivity contribution is 0.0734. The molecule has 2 aromatic rings. The van der Waals surface area contributed by atoms with Crippen LogP contribution in [0.2, 0.25) is 0 Å². The summed E-state index contributed by atoms with van der Waals surface area (Å²) in [4.78, 5) is 12.3. The number of halogens is 1. The summed E-state index contributed by atoms with van der Waals surface area (Å²) in [6.45, 7) is 4.22. The van der Waals surface area contributed by atoms with E-state index in [1.165, 1.54) is 17.7 Å². The first-order valence-corrected chi connectivity index (χ1v) is 8.12. The van der Waals surface area contributed by atoms with Crippen LogP contribution in [-0.4, -0.2) is 5.97 Å². The van der Waals surface area contributed by atoms with Gasteiger partial charge in [-0.2, -0.15) is 5.26 Å². The minimum atomic E-state index is -0.701. The molecule has 0 fully saturated rings. The van der Waals surface area contributed by atoms with Crippen LogP contribution in [0.5, 0.6) is 5.75 Å². The van der Waals surface area contributed by atoms with E-state index in [-0.39, 0.29) is 11.3 Å². The van der Waals surface area contributed by atoms with Crippen molar-refractivity contribution in [2.75, 3.05) is 0 Å². The number of ether oxygens (including phenoxy) is 1. The Morgan fingerprint density at radius 3 is 2.42 bits per heavy atom. The highest BCUT2D eigenvalue weighted by atomic mass is 19.1. The lowest BCUT2D eigenvalue weighted by atomic mass is 9.97. The van der Waals surface area contributed by atoms with Crippen molar-refractivity contribution in [3.8, 4) is 11.8 Å². The molecule has 0 bridgehead atoms. The van der Waals surface area contributed by atoms with E-state index in [1.807, 2.05) is 12.1 Å². The maximum atomic E-state index is 13.6. The second-order valence-electron chi connectivity index (χ2n) is 5.63. The quantitative estimate of drug-likeness (QED) is 0.565. The summed E-state index contributed by atoms with van der Waals surface area (Å²) in [5, 5.41) is 8.72. The van der Waals surface area contributed by atoms with Crippen molar-refractivity contribution < 1.29 is 13.9 Å². The van der Waals surface area contributed by atoms with E-state index in [4.69, 9.17) is 10.00 Å². The molecule has 0 unspecified atom stereocenters. The van der Waals surface area contributed by atoms with E-state index in [0.29, 0.717) is 5.56 Å². The molecular weight excluding hydrogens is 305 g/mol. The number of hydrogen-bond acceptors (Lipinski definition) is 3. The Morgan fingerprint density at radius 2 is 1.79 bits per heavy atom. The third kappa shape index (κ3) is 4.20. The summed E-state index contributed by atoms with van der Waals surface area (Å²) in [6, 6.07) is 11.1. The van der Waals surface area contributed by atoms with Crippen LogP contribution < -0.4 is 4.74 Å². The van der Waals surface area contributed by atoms with Crippen molar-refractivity contribution >= 4 is 5.97 Å². The number of nitrogens with zero attached hydrogens (tertiary/aromatic N) is 1. The Hall–Kier alpha value is -2.67. The largest absolute Gasteiger partial charge is 0.423 e. The van der Waals surface area contributed by atoms with Gasteiger partial charge < -0.3 is 4.74 Å². The summed E-state index contributed by atoms with van der Waals surface area (Å²) >= 11 is 0. The average molecular weight is 325 g/mol. The molecule has 24 heavy (non-hydrogen) atoms. The Balaban J connectivity index is 2.21. The zero-order valence-electron chi connectivity index (χ0n) is 13.9. The van der Waals surface area contributed by atoms with Gasteiger partial charge in [-0.25, -0.2) is 9.18 Å². The van der Waals surface area contributed by atoms with Crippen LogP contribution in [0.25, 0.3) is 0 Å². The third-order valence-electron chi connectivity index (χ3n) is 3.75. The zero-order chi connectivity index (χ0) is 17.5. The lowest BCUT2D eigenvalue weighted by Crippen LogP contribution is -2.10. The molecule has 0 radical (unpaired) electrons. The van der Waals surface area contributed by atoms with Crippen LogP contribution in [0.4, 0.5) is 4.39 Å². The van der Waals surface area contributed by atoms with Crippen molar-refractivity contribution in [1.82, 2.24) is 0 Å². The van der Waals surface area contributed by atoms with Crippen LogP contribution in [0, 0.1) is 17.1 Å². The maximum absolute atomic E-state index is 13.6. The van der Waals surface area contributed by atoms with Crippen LogP contribution in [-0.2, 0) is 12.8 Å². The second kappa shape index (κ2) is 8.26. The van der Waals surface area contributed by atoms with Crippen molar-refractivity contribution in [2.45, 2.75) is 39.5 Å². The molecule has 0 saturated carbocycles. The van der Waals surface area contributed by atoms with E-state index in [2.05, 4.69) is 13.8 Å². The van der Waals surface area contributed by atoms with Crippen LogP contribution in [0.15, 0.2) is 36.4 Å². The number of hydrogen-bond donors (Lipinski definition) is 0. The number of nitriles is 1. The first-order valence-electron chi connectivity index (χ1n) is 8.12. The number of aryl methyl sites for hydroxylation is 2. The van der Waals surface area contributed by atoms with Gasteiger partial charge >= 0.3 is 5.97 Å². The number of rotatable bonds is 6. The lowest BCUT2D eigenvalue weighted by Gasteiger charge is -2.11. The van der Waals surface area contributed by atoms with Gasteiger partial charge in [0.05, 0.1) is 11.1 Å². The third-order valence-corrected chi connectivity index (χ3v) is 3.75. The van der Waals surface area contributed by atoms with E-state index in [1.54, 1.807) is 12.1 Å². The fourth-order valence-corrected chi connectivity index (χ4v) is 2.58. The summed E-state index contributed by atoms with van der Waals surface area (Å²) in [7, 11) is 0. The van der Waals surface area contributed by atoms with Crippen molar-refractivity contribution in [3.63, 3.8) is 0 Å². The highest BCUT2D eigenvalue weighted by Crippen LogP contribution is 2.20. The maximum Gasteiger partial charge on any atom is 0.343 e. The molecule has 0 spiro atoms. The molecule has 0 aromatic heterocycles. The predicted molar refractivity (Wildman–Crippen MR) is 90.5 cm³/mol. The Labute approximate surface area is 141 Å². The minimum Gasteiger partial charge on any atom is -0.423 e. The van der Waals surface area contributed by atoms with E-state index in [9.17, 15) is 9.18 Å². The van der Waals surface area contributed by atoms with Gasteiger partial charge in [-0.15, -0.1) is 0 Å². The second-order valence-corrected chi connectivity index (χ2v) is 5.63. The van der Waals surface area contributed by atoms with Gasteiger partial charge in [-0.05, 0) is 48.2 Å². The molecule has 2 rings (SSSR count). The summed E-state index contributed by atoms with van der Waals surface area (Å²) < 4.78 is 18.8. The normalized spacial score (nSPS) is 10.2. The first kappa shape index (κ1) is 17.7. The number of carbonyl (C=O) groups excluding carboxylic acids is 1. The fourth-order valence-electron chi connectivity index (χ4n) is 2.58. The zero-order valence-corrected chi connectivity index (χ0v) is 13.9. The molecule has 124 valence electrons. The summed E-state index contributed by atoms with van der Waals surface area (Å²) in [5.74, 6) is -1.14. The van der Waals surface area contributed by atoms with Gasteiger partial charge in [0.15, 0.2) is 0 Å².